The van der Waals surface area contributed by atoms with E-state index in [4.69, 9.17) is 0 Å². The fraction of sp³-hybridized carbons (Fsp3) is 0.312. The Morgan fingerprint density at radius 2 is 1.96 bits per heavy atom. The maximum atomic E-state index is 14.2. The molecule has 2 aromatic heterocycles. The highest BCUT2D eigenvalue weighted by molar-refractivity contribution is 5.66. The maximum absolute atomic E-state index is 14.2. The summed E-state index contributed by atoms with van der Waals surface area (Å²) in [5.41, 5.74) is 0.688. The Morgan fingerprint density at radius 3 is 2.52 bits per heavy atom. The van der Waals surface area contributed by atoms with Gasteiger partial charge >= 0.3 is 6.18 Å². The number of allylic oxidation sites excluding steroid dienone is 3. The number of nitrogens with zero attached hydrogens (tertiary/aromatic N) is 4. The van der Waals surface area contributed by atoms with Gasteiger partial charge in [0, 0.05) is 6.20 Å². The minimum absolute atomic E-state index is 0.161. The fourth-order valence-corrected chi connectivity index (χ4v) is 2.03. The van der Waals surface area contributed by atoms with Crippen LogP contribution in [0.5, 0.6) is 0 Å². The van der Waals surface area contributed by atoms with Crippen molar-refractivity contribution in [3.05, 3.63) is 47.5 Å². The van der Waals surface area contributed by atoms with Gasteiger partial charge in [-0.05, 0) is 49.9 Å². The van der Waals surface area contributed by atoms with E-state index < -0.39 is 36.2 Å². The third-order valence-electron chi connectivity index (χ3n) is 3.52. The first-order valence-corrected chi connectivity index (χ1v) is 7.46. The SMILES string of the molecule is C=N/C(O[C@@H](C)C(F)(F)F)=C(F)\C=C(/C)c1ccc2nnc(C(F)F)n2c1. The van der Waals surface area contributed by atoms with E-state index in [1.165, 1.54) is 25.3 Å². The first kappa shape index (κ1) is 20.5. The molecular formula is C16H14F6N4O. The van der Waals surface area contributed by atoms with Crippen molar-refractivity contribution in [3.63, 3.8) is 0 Å². The number of alkyl halides is 5. The van der Waals surface area contributed by atoms with Crippen LogP contribution >= 0.6 is 0 Å². The topological polar surface area (TPSA) is 51.8 Å². The molecule has 0 aliphatic rings. The monoisotopic (exact) mass is 392 g/mol. The second-order valence-electron chi connectivity index (χ2n) is 5.45. The lowest BCUT2D eigenvalue weighted by atomic mass is 10.1. The maximum Gasteiger partial charge on any atom is 0.425 e. The molecule has 0 fully saturated rings. The molecule has 2 aromatic rings. The van der Waals surface area contributed by atoms with Crippen LogP contribution < -0.4 is 0 Å². The van der Waals surface area contributed by atoms with Crippen LogP contribution in [0.1, 0.15) is 31.7 Å². The second kappa shape index (κ2) is 7.80. The molecule has 0 N–H and O–H groups in total. The van der Waals surface area contributed by atoms with E-state index in [0.29, 0.717) is 12.5 Å². The summed E-state index contributed by atoms with van der Waals surface area (Å²) in [5, 5.41) is 6.94. The number of rotatable bonds is 6. The smallest absolute Gasteiger partial charge is 0.425 e. The zero-order valence-electron chi connectivity index (χ0n) is 14.1. The van der Waals surface area contributed by atoms with Crippen molar-refractivity contribution < 1.29 is 31.1 Å². The highest BCUT2D eigenvalue weighted by Crippen LogP contribution is 2.27. The van der Waals surface area contributed by atoms with E-state index in [1.807, 2.05) is 0 Å². The highest BCUT2D eigenvalue weighted by atomic mass is 19.4. The van der Waals surface area contributed by atoms with Crippen molar-refractivity contribution in [2.45, 2.75) is 32.6 Å². The third kappa shape index (κ3) is 4.66. The summed E-state index contributed by atoms with van der Waals surface area (Å²) in [6, 6.07) is 2.86. The van der Waals surface area contributed by atoms with Crippen LogP contribution in [0.3, 0.4) is 0 Å². The lowest BCUT2D eigenvalue weighted by Gasteiger charge is -2.17. The van der Waals surface area contributed by atoms with Gasteiger partial charge < -0.3 is 4.74 Å². The lowest BCUT2D eigenvalue weighted by molar-refractivity contribution is -0.203. The molecule has 5 nitrogen and oxygen atoms in total. The van der Waals surface area contributed by atoms with Gasteiger partial charge in [0.15, 0.2) is 17.6 Å². The molecule has 0 aromatic carbocycles. The van der Waals surface area contributed by atoms with E-state index in [0.717, 1.165) is 10.5 Å². The van der Waals surface area contributed by atoms with Crippen LogP contribution in [0.2, 0.25) is 0 Å². The molecular weight excluding hydrogens is 378 g/mol. The molecule has 0 saturated heterocycles. The molecule has 27 heavy (non-hydrogen) atoms. The van der Waals surface area contributed by atoms with Gasteiger partial charge in [-0.25, -0.2) is 18.2 Å². The zero-order valence-corrected chi connectivity index (χ0v) is 14.1. The van der Waals surface area contributed by atoms with Gasteiger partial charge in [0.2, 0.25) is 11.7 Å². The van der Waals surface area contributed by atoms with Crippen molar-refractivity contribution >= 4 is 17.9 Å². The lowest BCUT2D eigenvalue weighted by Crippen LogP contribution is -2.28. The van der Waals surface area contributed by atoms with Gasteiger partial charge in [0.1, 0.15) is 0 Å². The standard InChI is InChI=1S/C16H14F6N4O/c1-8(6-11(17)15(23-3)27-9(2)16(20,21)22)10-4-5-12-24-25-14(13(18)19)26(12)7-10/h4-7,9,13H,3H2,1-2H3/b8-6+,15-11-/t9-/m0/s1. The number of hydrogen-bond acceptors (Lipinski definition) is 4. The normalized spacial score (nSPS) is 15.1. The van der Waals surface area contributed by atoms with Crippen molar-refractivity contribution in [3.8, 4) is 0 Å². The molecule has 0 saturated carbocycles. The Kier molecular flexibility index (Phi) is 5.91. The summed E-state index contributed by atoms with van der Waals surface area (Å²) in [7, 11) is 0. The zero-order chi connectivity index (χ0) is 20.4. The molecule has 0 unspecified atom stereocenters. The van der Waals surface area contributed by atoms with Crippen LogP contribution in [0.25, 0.3) is 11.2 Å². The Hall–Kier alpha value is -2.85. The molecule has 11 heteroatoms. The summed E-state index contributed by atoms with van der Waals surface area (Å²) in [4.78, 5) is 3.13. The average Bonchev–Trinajstić information content (AvgIpc) is 3.01. The second-order valence-corrected chi connectivity index (χ2v) is 5.45. The highest BCUT2D eigenvalue weighted by Gasteiger charge is 2.38. The molecule has 0 aliphatic heterocycles. The van der Waals surface area contributed by atoms with Crippen molar-refractivity contribution in [2.24, 2.45) is 4.99 Å². The van der Waals surface area contributed by atoms with Gasteiger partial charge in [-0.2, -0.15) is 13.2 Å². The van der Waals surface area contributed by atoms with Gasteiger partial charge in [-0.3, -0.25) is 4.40 Å². The number of hydrogen-bond donors (Lipinski definition) is 0. The summed E-state index contributed by atoms with van der Waals surface area (Å²) in [6.07, 6.45) is -7.75. The average molecular weight is 392 g/mol. The number of pyridine rings is 1. The first-order chi connectivity index (χ1) is 12.5. The molecule has 0 radical (unpaired) electrons. The van der Waals surface area contributed by atoms with Crippen molar-refractivity contribution in [1.82, 2.24) is 14.6 Å². The predicted molar refractivity (Wildman–Crippen MR) is 85.9 cm³/mol. The molecule has 0 aliphatic carbocycles. The van der Waals surface area contributed by atoms with Crippen molar-refractivity contribution in [2.75, 3.05) is 0 Å². The molecule has 146 valence electrons. The largest absolute Gasteiger partial charge is 0.463 e. The number of fused-ring (bicyclic) bond motifs is 1. The number of aromatic nitrogens is 3. The molecule has 0 spiro atoms. The van der Waals surface area contributed by atoms with E-state index in [9.17, 15) is 26.3 Å². The Balaban J connectivity index is 2.38. The Morgan fingerprint density at radius 1 is 1.30 bits per heavy atom. The first-order valence-electron chi connectivity index (χ1n) is 7.46. The van der Waals surface area contributed by atoms with E-state index in [1.54, 1.807) is 0 Å². The minimum Gasteiger partial charge on any atom is -0.463 e. The van der Waals surface area contributed by atoms with E-state index in [-0.39, 0.29) is 11.2 Å². The van der Waals surface area contributed by atoms with Crippen LogP contribution in [0, 0.1) is 0 Å². The number of halogens is 6. The number of aliphatic imine (C=N–C) groups is 1. The molecule has 0 bridgehead atoms. The third-order valence-corrected chi connectivity index (χ3v) is 3.52. The summed E-state index contributed by atoms with van der Waals surface area (Å²) >= 11 is 0. The Labute approximate surface area is 149 Å². The van der Waals surface area contributed by atoms with E-state index in [2.05, 4.69) is 26.6 Å². The molecule has 2 heterocycles. The Bertz CT molecular complexity index is 900. The molecule has 1 atom stereocenters. The van der Waals surface area contributed by atoms with Crippen molar-refractivity contribution in [1.29, 1.82) is 0 Å². The van der Waals surface area contributed by atoms with Crippen LogP contribution in [-0.2, 0) is 4.74 Å². The van der Waals surface area contributed by atoms with E-state index >= 15 is 0 Å². The molecule has 0 amide bonds. The summed E-state index contributed by atoms with van der Waals surface area (Å²) in [6.45, 7) is 5.12. The van der Waals surface area contributed by atoms with Crippen LogP contribution in [0.15, 0.2) is 41.1 Å². The summed E-state index contributed by atoms with van der Waals surface area (Å²) < 4.78 is 83.1. The van der Waals surface area contributed by atoms with Gasteiger partial charge in [0.05, 0.1) is 0 Å². The van der Waals surface area contributed by atoms with Gasteiger partial charge in [-0.1, -0.05) is 0 Å². The van der Waals surface area contributed by atoms with Crippen LogP contribution in [0.4, 0.5) is 26.3 Å². The van der Waals surface area contributed by atoms with Crippen LogP contribution in [-0.4, -0.2) is 33.6 Å². The minimum atomic E-state index is -4.71. The summed E-state index contributed by atoms with van der Waals surface area (Å²) in [5.74, 6) is -2.72. The fourth-order valence-electron chi connectivity index (χ4n) is 2.03. The quantitative estimate of drug-likeness (QED) is 0.305. The van der Waals surface area contributed by atoms with Gasteiger partial charge in [-0.15, -0.1) is 10.2 Å². The number of ether oxygens (including phenoxy) is 1. The predicted octanol–water partition coefficient (Wildman–Crippen LogP) is 4.88. The molecule has 2 rings (SSSR count). The van der Waals surface area contributed by atoms with Gasteiger partial charge in [0.25, 0.3) is 6.43 Å².